The van der Waals surface area contributed by atoms with Gasteiger partial charge >= 0.3 is 0 Å². The fourth-order valence-electron chi connectivity index (χ4n) is 1.22. The van der Waals surface area contributed by atoms with E-state index in [9.17, 15) is 0 Å². The molecular formula is C12H20N4. The van der Waals surface area contributed by atoms with Crippen LogP contribution >= 0.6 is 0 Å². The molecule has 0 bridgehead atoms. The normalized spacial score (nSPS) is 11.9. The van der Waals surface area contributed by atoms with Crippen LogP contribution in [-0.4, -0.2) is 22.6 Å². The molecule has 0 fully saturated rings. The van der Waals surface area contributed by atoms with Crippen LogP contribution in [0.3, 0.4) is 0 Å². The zero-order valence-electron chi connectivity index (χ0n) is 10.2. The standard InChI is InChI=1S/C12H20N4/c1-5-7-13-11-8-10(4)15-12(16-11)14-9(3)6-2/h5,8-9H,1,6-7H2,2-4H3,(H2,13,14,15,16). The van der Waals surface area contributed by atoms with Crippen LogP contribution in [-0.2, 0) is 0 Å². The molecule has 1 aromatic heterocycles. The van der Waals surface area contributed by atoms with Crippen molar-refractivity contribution in [2.24, 2.45) is 0 Å². The average molecular weight is 220 g/mol. The molecule has 0 spiro atoms. The molecule has 16 heavy (non-hydrogen) atoms. The summed E-state index contributed by atoms with van der Waals surface area (Å²) in [4.78, 5) is 8.72. The van der Waals surface area contributed by atoms with Gasteiger partial charge in [0, 0.05) is 24.3 Å². The van der Waals surface area contributed by atoms with Crippen molar-refractivity contribution in [1.82, 2.24) is 9.97 Å². The topological polar surface area (TPSA) is 49.8 Å². The lowest BCUT2D eigenvalue weighted by molar-refractivity contribution is 0.752. The van der Waals surface area contributed by atoms with E-state index in [4.69, 9.17) is 0 Å². The molecule has 0 saturated carbocycles. The van der Waals surface area contributed by atoms with E-state index in [0.29, 0.717) is 18.5 Å². The number of hydrogen-bond donors (Lipinski definition) is 2. The van der Waals surface area contributed by atoms with Crippen molar-refractivity contribution >= 4 is 11.8 Å². The first-order chi connectivity index (χ1) is 7.65. The zero-order valence-corrected chi connectivity index (χ0v) is 10.2. The van der Waals surface area contributed by atoms with Crippen molar-refractivity contribution in [3.05, 3.63) is 24.4 Å². The smallest absolute Gasteiger partial charge is 0.225 e. The number of nitrogens with one attached hydrogen (secondary N) is 2. The van der Waals surface area contributed by atoms with Crippen molar-refractivity contribution in [1.29, 1.82) is 0 Å². The highest BCUT2D eigenvalue weighted by Gasteiger charge is 2.04. The van der Waals surface area contributed by atoms with E-state index in [1.165, 1.54) is 0 Å². The van der Waals surface area contributed by atoms with Crippen LogP contribution in [0.25, 0.3) is 0 Å². The second-order valence-electron chi connectivity index (χ2n) is 3.84. The van der Waals surface area contributed by atoms with Gasteiger partial charge in [-0.25, -0.2) is 4.98 Å². The van der Waals surface area contributed by atoms with E-state index < -0.39 is 0 Å². The van der Waals surface area contributed by atoms with Crippen molar-refractivity contribution < 1.29 is 0 Å². The molecule has 1 atom stereocenters. The van der Waals surface area contributed by atoms with Gasteiger partial charge in [-0.15, -0.1) is 6.58 Å². The Labute approximate surface area is 97.2 Å². The first kappa shape index (κ1) is 12.5. The second kappa shape index (κ2) is 6.10. The molecule has 1 rings (SSSR count). The van der Waals surface area contributed by atoms with Gasteiger partial charge in [0.25, 0.3) is 0 Å². The minimum atomic E-state index is 0.383. The largest absolute Gasteiger partial charge is 0.366 e. The SMILES string of the molecule is C=CCNc1cc(C)nc(NC(C)CC)n1. The number of nitrogens with zero attached hydrogens (tertiary/aromatic N) is 2. The summed E-state index contributed by atoms with van der Waals surface area (Å²) in [6.45, 7) is 10.6. The summed E-state index contributed by atoms with van der Waals surface area (Å²) in [5.74, 6) is 1.51. The van der Waals surface area contributed by atoms with E-state index in [1.54, 1.807) is 6.08 Å². The van der Waals surface area contributed by atoms with Gasteiger partial charge < -0.3 is 10.6 Å². The summed E-state index contributed by atoms with van der Waals surface area (Å²) in [6.07, 6.45) is 2.85. The molecule has 4 nitrogen and oxygen atoms in total. The highest BCUT2D eigenvalue weighted by molar-refractivity contribution is 5.42. The first-order valence-corrected chi connectivity index (χ1v) is 5.62. The third-order valence-electron chi connectivity index (χ3n) is 2.27. The number of aromatic nitrogens is 2. The number of hydrogen-bond acceptors (Lipinski definition) is 4. The van der Waals surface area contributed by atoms with Gasteiger partial charge in [0.05, 0.1) is 0 Å². The van der Waals surface area contributed by atoms with E-state index in [-0.39, 0.29) is 0 Å². The van der Waals surface area contributed by atoms with Gasteiger partial charge in [-0.1, -0.05) is 13.0 Å². The molecule has 0 aliphatic rings. The number of anilines is 2. The van der Waals surface area contributed by atoms with E-state index in [0.717, 1.165) is 17.9 Å². The summed E-state index contributed by atoms with van der Waals surface area (Å²) in [6, 6.07) is 2.31. The van der Waals surface area contributed by atoms with E-state index >= 15 is 0 Å². The maximum absolute atomic E-state index is 4.38. The van der Waals surface area contributed by atoms with Crippen molar-refractivity contribution in [3.63, 3.8) is 0 Å². The molecular weight excluding hydrogens is 200 g/mol. The second-order valence-corrected chi connectivity index (χ2v) is 3.84. The van der Waals surface area contributed by atoms with Crippen LogP contribution in [0.15, 0.2) is 18.7 Å². The third kappa shape index (κ3) is 3.88. The molecule has 0 saturated heterocycles. The average Bonchev–Trinajstić information content (AvgIpc) is 2.25. The summed E-state index contributed by atoms with van der Waals surface area (Å²) < 4.78 is 0. The Morgan fingerprint density at radius 1 is 1.50 bits per heavy atom. The summed E-state index contributed by atoms with van der Waals surface area (Å²) in [5.41, 5.74) is 0.951. The van der Waals surface area contributed by atoms with E-state index in [1.807, 2.05) is 13.0 Å². The lowest BCUT2D eigenvalue weighted by Crippen LogP contribution is -2.16. The maximum atomic E-state index is 4.38. The Morgan fingerprint density at radius 3 is 2.88 bits per heavy atom. The minimum Gasteiger partial charge on any atom is -0.366 e. The fourth-order valence-corrected chi connectivity index (χ4v) is 1.22. The molecule has 0 aromatic carbocycles. The van der Waals surface area contributed by atoms with Crippen LogP contribution in [0.5, 0.6) is 0 Å². The Bertz CT molecular complexity index is 349. The molecule has 2 N–H and O–H groups in total. The first-order valence-electron chi connectivity index (χ1n) is 5.62. The lowest BCUT2D eigenvalue weighted by atomic mass is 10.3. The predicted molar refractivity (Wildman–Crippen MR) is 68.8 cm³/mol. The van der Waals surface area contributed by atoms with Crippen LogP contribution in [0, 0.1) is 6.92 Å². The summed E-state index contributed by atoms with van der Waals surface area (Å²) in [7, 11) is 0. The van der Waals surface area contributed by atoms with E-state index in [2.05, 4.69) is 41.0 Å². The van der Waals surface area contributed by atoms with Gasteiger partial charge in [-0.05, 0) is 20.3 Å². The number of aryl methyl sites for hydroxylation is 1. The van der Waals surface area contributed by atoms with Crippen molar-refractivity contribution in [3.8, 4) is 0 Å². The van der Waals surface area contributed by atoms with Gasteiger partial charge in [0.1, 0.15) is 5.82 Å². The molecule has 1 aromatic rings. The highest BCUT2D eigenvalue weighted by atomic mass is 15.1. The Balaban J connectivity index is 2.76. The molecule has 0 radical (unpaired) electrons. The molecule has 4 heteroatoms. The minimum absolute atomic E-state index is 0.383. The molecule has 88 valence electrons. The van der Waals surface area contributed by atoms with Crippen molar-refractivity contribution in [2.45, 2.75) is 33.2 Å². The van der Waals surface area contributed by atoms with Crippen LogP contribution in [0.4, 0.5) is 11.8 Å². The molecule has 0 amide bonds. The van der Waals surface area contributed by atoms with Gasteiger partial charge in [0.2, 0.25) is 5.95 Å². The Hall–Kier alpha value is -1.58. The molecule has 1 unspecified atom stereocenters. The zero-order chi connectivity index (χ0) is 12.0. The fraction of sp³-hybridized carbons (Fsp3) is 0.500. The molecule has 1 heterocycles. The quantitative estimate of drug-likeness (QED) is 0.723. The van der Waals surface area contributed by atoms with Gasteiger partial charge in [-0.3, -0.25) is 0 Å². The summed E-state index contributed by atoms with van der Waals surface area (Å²) >= 11 is 0. The van der Waals surface area contributed by atoms with Crippen molar-refractivity contribution in [2.75, 3.05) is 17.2 Å². The van der Waals surface area contributed by atoms with Crippen LogP contribution < -0.4 is 10.6 Å². The monoisotopic (exact) mass is 220 g/mol. The summed E-state index contributed by atoms with van der Waals surface area (Å²) in [5, 5.41) is 6.42. The predicted octanol–water partition coefficient (Wildman–Crippen LogP) is 2.59. The molecule has 0 aliphatic carbocycles. The Morgan fingerprint density at radius 2 is 2.25 bits per heavy atom. The Kier molecular flexibility index (Phi) is 4.76. The van der Waals surface area contributed by atoms with Crippen LogP contribution in [0.1, 0.15) is 26.0 Å². The third-order valence-corrected chi connectivity index (χ3v) is 2.27. The van der Waals surface area contributed by atoms with Gasteiger partial charge in [-0.2, -0.15) is 4.98 Å². The molecule has 0 aliphatic heterocycles. The van der Waals surface area contributed by atoms with Crippen LogP contribution in [0.2, 0.25) is 0 Å². The van der Waals surface area contributed by atoms with Gasteiger partial charge in [0.15, 0.2) is 0 Å². The number of rotatable bonds is 6. The lowest BCUT2D eigenvalue weighted by Gasteiger charge is -2.13. The maximum Gasteiger partial charge on any atom is 0.225 e. The highest BCUT2D eigenvalue weighted by Crippen LogP contribution is 2.10.